The molecule has 2 rings (SSSR count). The maximum Gasteiger partial charge on any atom is 0.0717 e. The molecule has 0 unspecified atom stereocenters. The molecule has 0 saturated heterocycles. The van der Waals surface area contributed by atoms with Crippen LogP contribution in [-0.2, 0) is 0 Å². The van der Waals surface area contributed by atoms with Gasteiger partial charge in [0, 0.05) is 20.4 Å². The molecule has 0 aliphatic rings. The molecule has 15 heavy (non-hydrogen) atoms. The molecule has 76 valence electrons. The lowest BCUT2D eigenvalue weighted by molar-refractivity contribution is 1.31. The Bertz CT molecular complexity index is 482. The van der Waals surface area contributed by atoms with Gasteiger partial charge in [-0.15, -0.1) is 0 Å². The van der Waals surface area contributed by atoms with E-state index in [1.807, 2.05) is 24.3 Å². The lowest BCUT2D eigenvalue weighted by Gasteiger charge is -2.03. The fraction of sp³-hybridized carbons (Fsp3) is 0. The highest BCUT2D eigenvalue weighted by Crippen LogP contribution is 2.28. The smallest absolute Gasteiger partial charge is 0.0717 e. The molecule has 0 spiro atoms. The Kier molecular flexibility index (Phi) is 3.49. The standard InChI is InChI=1S/C11H6Cl2IN/c12-7-1-3-9(10(13)5-7)11-4-2-8(14)6-15-11/h1-6H. The Balaban J connectivity index is 2.49. The Morgan fingerprint density at radius 3 is 2.47 bits per heavy atom. The summed E-state index contributed by atoms with van der Waals surface area (Å²) in [4.78, 5) is 4.30. The highest BCUT2D eigenvalue weighted by molar-refractivity contribution is 14.1. The maximum absolute atomic E-state index is 6.08. The summed E-state index contributed by atoms with van der Waals surface area (Å²) < 4.78 is 1.10. The predicted octanol–water partition coefficient (Wildman–Crippen LogP) is 4.66. The molecule has 1 aromatic carbocycles. The van der Waals surface area contributed by atoms with Crippen LogP contribution in [-0.4, -0.2) is 4.98 Å². The van der Waals surface area contributed by atoms with Gasteiger partial charge in [0.1, 0.15) is 0 Å². The molecule has 0 amide bonds. The van der Waals surface area contributed by atoms with E-state index in [2.05, 4.69) is 27.6 Å². The van der Waals surface area contributed by atoms with Crippen LogP contribution in [0.3, 0.4) is 0 Å². The van der Waals surface area contributed by atoms with Gasteiger partial charge in [0.15, 0.2) is 0 Å². The average Bonchev–Trinajstić information content (AvgIpc) is 2.20. The van der Waals surface area contributed by atoms with E-state index < -0.39 is 0 Å². The van der Waals surface area contributed by atoms with Crippen LogP contribution >= 0.6 is 45.8 Å². The molecule has 0 radical (unpaired) electrons. The van der Waals surface area contributed by atoms with E-state index in [4.69, 9.17) is 23.2 Å². The van der Waals surface area contributed by atoms with E-state index >= 15 is 0 Å². The Hall–Kier alpha value is -0.320. The minimum Gasteiger partial charge on any atom is -0.255 e. The second-order valence-corrected chi connectivity index (χ2v) is 5.08. The minimum atomic E-state index is 0.621. The van der Waals surface area contributed by atoms with Gasteiger partial charge >= 0.3 is 0 Å². The van der Waals surface area contributed by atoms with E-state index in [1.165, 1.54) is 0 Å². The first kappa shape index (κ1) is 11.2. The molecule has 0 aliphatic carbocycles. The summed E-state index contributed by atoms with van der Waals surface area (Å²) >= 11 is 14.1. The maximum atomic E-state index is 6.08. The number of hydrogen-bond acceptors (Lipinski definition) is 1. The van der Waals surface area contributed by atoms with Crippen molar-refractivity contribution in [1.82, 2.24) is 4.98 Å². The van der Waals surface area contributed by atoms with Crippen LogP contribution in [0.1, 0.15) is 0 Å². The molecule has 0 fully saturated rings. The summed E-state index contributed by atoms with van der Waals surface area (Å²) in [6.07, 6.45) is 1.81. The van der Waals surface area contributed by atoms with Gasteiger partial charge in [0.2, 0.25) is 0 Å². The van der Waals surface area contributed by atoms with Crippen molar-refractivity contribution in [2.24, 2.45) is 0 Å². The third-order valence-electron chi connectivity index (χ3n) is 1.93. The Labute approximate surface area is 112 Å². The molecule has 1 aromatic heterocycles. The largest absolute Gasteiger partial charge is 0.255 e. The van der Waals surface area contributed by atoms with Gasteiger partial charge in [-0.1, -0.05) is 23.2 Å². The topological polar surface area (TPSA) is 12.9 Å². The summed E-state index contributed by atoms with van der Waals surface area (Å²) in [5.74, 6) is 0. The van der Waals surface area contributed by atoms with Crippen molar-refractivity contribution in [3.63, 3.8) is 0 Å². The van der Waals surface area contributed by atoms with Crippen molar-refractivity contribution < 1.29 is 0 Å². The number of aromatic nitrogens is 1. The second-order valence-electron chi connectivity index (χ2n) is 2.99. The van der Waals surface area contributed by atoms with Crippen molar-refractivity contribution in [2.45, 2.75) is 0 Å². The second kappa shape index (κ2) is 4.68. The molecule has 1 nitrogen and oxygen atoms in total. The van der Waals surface area contributed by atoms with Crippen LogP contribution in [0.15, 0.2) is 36.5 Å². The molecular formula is C11H6Cl2IN. The number of rotatable bonds is 1. The fourth-order valence-corrected chi connectivity index (χ4v) is 2.06. The van der Waals surface area contributed by atoms with Crippen molar-refractivity contribution in [1.29, 1.82) is 0 Å². The predicted molar refractivity (Wildman–Crippen MR) is 72.4 cm³/mol. The summed E-state index contributed by atoms with van der Waals surface area (Å²) in [5.41, 5.74) is 1.76. The molecule has 1 heterocycles. The zero-order valence-corrected chi connectivity index (χ0v) is 11.2. The molecule has 2 aromatic rings. The number of nitrogens with zero attached hydrogens (tertiary/aromatic N) is 1. The lowest BCUT2D eigenvalue weighted by atomic mass is 10.1. The zero-order valence-electron chi connectivity index (χ0n) is 7.55. The van der Waals surface area contributed by atoms with Crippen molar-refractivity contribution in [3.8, 4) is 11.3 Å². The quantitative estimate of drug-likeness (QED) is 0.682. The van der Waals surface area contributed by atoms with Gasteiger partial charge in [0.25, 0.3) is 0 Å². The van der Waals surface area contributed by atoms with Crippen molar-refractivity contribution in [3.05, 3.63) is 50.1 Å². The van der Waals surface area contributed by atoms with Gasteiger partial charge in [-0.25, -0.2) is 0 Å². The van der Waals surface area contributed by atoms with Gasteiger partial charge in [-0.3, -0.25) is 4.98 Å². The third-order valence-corrected chi connectivity index (χ3v) is 3.12. The van der Waals surface area contributed by atoms with Crippen LogP contribution in [0.25, 0.3) is 11.3 Å². The molecule has 0 aliphatic heterocycles. The van der Waals surface area contributed by atoms with Gasteiger partial charge < -0.3 is 0 Å². The fourth-order valence-electron chi connectivity index (χ4n) is 1.23. The van der Waals surface area contributed by atoms with Crippen LogP contribution in [0.4, 0.5) is 0 Å². The summed E-state index contributed by atoms with van der Waals surface area (Å²) in [6.45, 7) is 0. The number of pyridine rings is 1. The van der Waals surface area contributed by atoms with Gasteiger partial charge in [0.05, 0.1) is 10.7 Å². The summed E-state index contributed by atoms with van der Waals surface area (Å²) in [7, 11) is 0. The first-order valence-electron chi connectivity index (χ1n) is 4.24. The summed E-state index contributed by atoms with van der Waals surface area (Å²) in [5, 5.41) is 1.26. The zero-order chi connectivity index (χ0) is 10.8. The van der Waals surface area contributed by atoms with E-state index in [0.29, 0.717) is 10.0 Å². The molecular weight excluding hydrogens is 344 g/mol. The number of halogens is 3. The van der Waals surface area contributed by atoms with Crippen LogP contribution in [0.2, 0.25) is 10.0 Å². The van der Waals surface area contributed by atoms with Gasteiger partial charge in [-0.05, 0) is 52.9 Å². The van der Waals surface area contributed by atoms with Crippen molar-refractivity contribution in [2.75, 3.05) is 0 Å². The molecule has 0 atom stereocenters. The Morgan fingerprint density at radius 1 is 1.07 bits per heavy atom. The highest BCUT2D eigenvalue weighted by Gasteiger charge is 2.04. The van der Waals surface area contributed by atoms with E-state index in [-0.39, 0.29) is 0 Å². The average molecular weight is 350 g/mol. The molecule has 0 bridgehead atoms. The summed E-state index contributed by atoms with van der Waals surface area (Å²) in [6, 6.07) is 9.34. The normalized spacial score (nSPS) is 10.3. The number of benzene rings is 1. The van der Waals surface area contributed by atoms with Gasteiger partial charge in [-0.2, -0.15) is 0 Å². The molecule has 4 heteroatoms. The Morgan fingerprint density at radius 2 is 1.87 bits per heavy atom. The van der Waals surface area contributed by atoms with Crippen molar-refractivity contribution >= 4 is 45.8 Å². The van der Waals surface area contributed by atoms with Crippen LogP contribution in [0, 0.1) is 3.57 Å². The van der Waals surface area contributed by atoms with E-state index in [9.17, 15) is 0 Å². The van der Waals surface area contributed by atoms with Crippen LogP contribution in [0.5, 0.6) is 0 Å². The molecule has 0 N–H and O–H groups in total. The van der Waals surface area contributed by atoms with E-state index in [1.54, 1.807) is 12.3 Å². The number of hydrogen-bond donors (Lipinski definition) is 0. The third kappa shape index (κ3) is 2.62. The molecule has 0 saturated carbocycles. The monoisotopic (exact) mass is 349 g/mol. The highest BCUT2D eigenvalue weighted by atomic mass is 127. The SMILES string of the molecule is Clc1ccc(-c2ccc(I)cn2)c(Cl)c1. The first-order valence-corrected chi connectivity index (χ1v) is 6.07. The first-order chi connectivity index (χ1) is 7.16. The lowest BCUT2D eigenvalue weighted by Crippen LogP contribution is -1.84. The van der Waals surface area contributed by atoms with Crippen LogP contribution < -0.4 is 0 Å². The van der Waals surface area contributed by atoms with E-state index in [0.717, 1.165) is 14.8 Å². The minimum absolute atomic E-state index is 0.621.